The molecule has 0 saturated carbocycles. The zero-order chi connectivity index (χ0) is 25.0. The van der Waals surface area contributed by atoms with Gasteiger partial charge in [-0.3, -0.25) is 0 Å². The Kier molecular flexibility index (Phi) is 7.82. The van der Waals surface area contributed by atoms with E-state index in [1.54, 1.807) is 31.0 Å². The normalized spacial score (nSPS) is 18.0. The molecule has 0 aliphatic carbocycles. The van der Waals surface area contributed by atoms with Crippen molar-refractivity contribution in [2.75, 3.05) is 50.5 Å². The van der Waals surface area contributed by atoms with Gasteiger partial charge in [0.2, 0.25) is 0 Å². The second-order valence-corrected chi connectivity index (χ2v) is 11.1. The van der Waals surface area contributed by atoms with E-state index in [9.17, 15) is 4.39 Å². The minimum absolute atomic E-state index is 0.238. The second-order valence-electron chi connectivity index (χ2n) is 10.1. The van der Waals surface area contributed by atoms with Crippen molar-refractivity contribution in [1.82, 2.24) is 19.7 Å². The summed E-state index contributed by atoms with van der Waals surface area (Å²) in [7, 11) is 3.74. The Hall–Kier alpha value is -2.58. The Balaban J connectivity index is 1.04. The van der Waals surface area contributed by atoms with Crippen molar-refractivity contribution >= 4 is 17.4 Å². The molecule has 0 radical (unpaired) electrons. The van der Waals surface area contributed by atoms with Gasteiger partial charge in [-0.05, 0) is 93.6 Å². The number of rotatable bonds is 8. The van der Waals surface area contributed by atoms with Gasteiger partial charge >= 0.3 is 0 Å². The molecule has 1 aromatic heterocycles. The third kappa shape index (κ3) is 5.54. The maximum atomic E-state index is 13.2. The highest BCUT2D eigenvalue weighted by atomic mass is 32.2. The number of nitrogens with zero attached hydrogens (tertiary/aromatic N) is 5. The fraction of sp³-hybridized carbons (Fsp3) is 0.500. The van der Waals surface area contributed by atoms with Crippen LogP contribution in [0.15, 0.2) is 53.7 Å². The Morgan fingerprint density at radius 1 is 0.944 bits per heavy atom. The summed E-state index contributed by atoms with van der Waals surface area (Å²) in [5.74, 6) is 2.53. The van der Waals surface area contributed by atoms with E-state index in [0.29, 0.717) is 5.41 Å². The smallest absolute Gasteiger partial charge is 0.191 e. The van der Waals surface area contributed by atoms with Crippen molar-refractivity contribution in [3.63, 3.8) is 0 Å². The van der Waals surface area contributed by atoms with Crippen LogP contribution in [0.5, 0.6) is 5.75 Å². The van der Waals surface area contributed by atoms with Gasteiger partial charge in [-0.15, -0.1) is 10.2 Å². The minimum atomic E-state index is -0.238. The molecule has 2 saturated heterocycles. The molecule has 8 heteroatoms. The van der Waals surface area contributed by atoms with Crippen LogP contribution in [0, 0.1) is 11.2 Å². The van der Waals surface area contributed by atoms with Gasteiger partial charge in [0.1, 0.15) is 11.6 Å². The van der Waals surface area contributed by atoms with Crippen LogP contribution in [0.2, 0.25) is 0 Å². The number of hydrogen-bond acceptors (Lipinski definition) is 6. The number of hydrogen-bond donors (Lipinski definition) is 0. The van der Waals surface area contributed by atoms with Crippen LogP contribution in [0.3, 0.4) is 0 Å². The number of likely N-dealkylation sites (tertiary alicyclic amines) is 1. The highest BCUT2D eigenvalue weighted by molar-refractivity contribution is 7.99. The number of thioether (sulfide) groups is 1. The predicted octanol–water partition coefficient (Wildman–Crippen LogP) is 5.49. The summed E-state index contributed by atoms with van der Waals surface area (Å²) in [6.45, 7) is 5.79. The second kappa shape index (κ2) is 11.2. The first kappa shape index (κ1) is 25.1. The number of halogens is 1. The van der Waals surface area contributed by atoms with E-state index < -0.39 is 0 Å². The lowest BCUT2D eigenvalue weighted by atomic mass is 9.71. The lowest BCUT2D eigenvalue weighted by Gasteiger charge is -2.47. The number of para-hydroxylation sites is 2. The summed E-state index contributed by atoms with van der Waals surface area (Å²) in [6, 6.07) is 14.8. The molecule has 0 atom stereocenters. The van der Waals surface area contributed by atoms with Crippen molar-refractivity contribution in [2.24, 2.45) is 12.5 Å². The molecule has 36 heavy (non-hydrogen) atoms. The van der Waals surface area contributed by atoms with Gasteiger partial charge in [0.05, 0.1) is 12.8 Å². The van der Waals surface area contributed by atoms with Crippen LogP contribution in [-0.2, 0) is 7.05 Å². The zero-order valence-electron chi connectivity index (χ0n) is 21.3. The lowest BCUT2D eigenvalue weighted by molar-refractivity contribution is 0.0801. The van der Waals surface area contributed by atoms with Crippen molar-refractivity contribution in [3.05, 3.63) is 54.3 Å². The highest BCUT2D eigenvalue weighted by Gasteiger charge is 2.37. The summed E-state index contributed by atoms with van der Waals surface area (Å²) >= 11 is 1.75. The number of anilines is 1. The number of ether oxygens (including phenoxy) is 1. The summed E-state index contributed by atoms with van der Waals surface area (Å²) in [4.78, 5) is 5.14. The van der Waals surface area contributed by atoms with Crippen LogP contribution < -0.4 is 9.64 Å². The van der Waals surface area contributed by atoms with Crippen LogP contribution in [0.1, 0.15) is 32.1 Å². The Morgan fingerprint density at radius 2 is 1.64 bits per heavy atom. The molecule has 2 aromatic carbocycles. The van der Waals surface area contributed by atoms with E-state index in [2.05, 4.69) is 38.2 Å². The van der Waals surface area contributed by atoms with Crippen LogP contribution in [0.25, 0.3) is 11.4 Å². The fourth-order valence-electron chi connectivity index (χ4n) is 5.61. The molecule has 0 N–H and O–H groups in total. The monoisotopic (exact) mass is 509 g/mol. The van der Waals surface area contributed by atoms with E-state index in [0.717, 1.165) is 54.1 Å². The summed E-state index contributed by atoms with van der Waals surface area (Å²) in [6.07, 6.45) is 6.31. The molecule has 6 nitrogen and oxygen atoms in total. The SMILES string of the molecule is COc1ccccc1N1CCC2(CCN(CCCSc3nnc(-c4ccc(F)cc4)n3C)CC2)CC1. The van der Waals surface area contributed by atoms with Crippen molar-refractivity contribution < 1.29 is 9.13 Å². The summed E-state index contributed by atoms with van der Waals surface area (Å²) < 4.78 is 20.8. The molecule has 3 aromatic rings. The molecule has 2 aliphatic rings. The first-order valence-electron chi connectivity index (χ1n) is 13.0. The number of methoxy groups -OCH3 is 1. The molecule has 0 bridgehead atoms. The van der Waals surface area contributed by atoms with E-state index in [-0.39, 0.29) is 5.82 Å². The number of aromatic nitrogens is 3. The van der Waals surface area contributed by atoms with Gasteiger partial charge in [-0.1, -0.05) is 23.9 Å². The Bertz CT molecular complexity index is 1130. The largest absolute Gasteiger partial charge is 0.495 e. The van der Waals surface area contributed by atoms with E-state index in [4.69, 9.17) is 4.74 Å². The van der Waals surface area contributed by atoms with Crippen molar-refractivity contribution in [2.45, 2.75) is 37.3 Å². The first-order valence-corrected chi connectivity index (χ1v) is 13.9. The average molecular weight is 510 g/mol. The Morgan fingerprint density at radius 3 is 2.36 bits per heavy atom. The average Bonchev–Trinajstić information content (AvgIpc) is 3.28. The zero-order valence-corrected chi connectivity index (χ0v) is 22.1. The van der Waals surface area contributed by atoms with Crippen molar-refractivity contribution in [1.29, 1.82) is 0 Å². The first-order chi connectivity index (χ1) is 17.6. The third-order valence-corrected chi connectivity index (χ3v) is 9.06. The third-order valence-electron chi connectivity index (χ3n) is 7.95. The number of piperidine rings is 2. The molecule has 192 valence electrons. The molecule has 3 heterocycles. The Labute approximate surface area is 217 Å². The van der Waals surface area contributed by atoms with Gasteiger partial charge in [0.25, 0.3) is 0 Å². The molecule has 2 fully saturated rings. The molecule has 0 amide bonds. The van der Waals surface area contributed by atoms with Gasteiger partial charge < -0.3 is 19.1 Å². The van der Waals surface area contributed by atoms with Crippen LogP contribution >= 0.6 is 11.8 Å². The minimum Gasteiger partial charge on any atom is -0.495 e. The van der Waals surface area contributed by atoms with E-state index >= 15 is 0 Å². The topological polar surface area (TPSA) is 46.4 Å². The summed E-state index contributed by atoms with van der Waals surface area (Å²) in [5, 5.41) is 9.58. The van der Waals surface area contributed by atoms with Gasteiger partial charge in [-0.25, -0.2) is 4.39 Å². The molecule has 1 spiro atoms. The molecule has 0 unspecified atom stereocenters. The predicted molar refractivity (Wildman–Crippen MR) is 144 cm³/mol. The van der Waals surface area contributed by atoms with Gasteiger partial charge in [-0.2, -0.15) is 0 Å². The van der Waals surface area contributed by atoms with E-state index in [1.807, 2.05) is 17.7 Å². The van der Waals surface area contributed by atoms with E-state index in [1.165, 1.54) is 56.6 Å². The quantitative estimate of drug-likeness (QED) is 0.295. The molecule has 2 aliphatic heterocycles. The molecular weight excluding hydrogens is 473 g/mol. The molecular formula is C28H36FN5OS. The maximum absolute atomic E-state index is 13.2. The van der Waals surface area contributed by atoms with Crippen molar-refractivity contribution in [3.8, 4) is 17.1 Å². The van der Waals surface area contributed by atoms with Gasteiger partial charge in [0, 0.05) is 31.5 Å². The van der Waals surface area contributed by atoms with Crippen LogP contribution in [0.4, 0.5) is 10.1 Å². The van der Waals surface area contributed by atoms with Crippen LogP contribution in [-0.4, -0.2) is 65.3 Å². The molecule has 5 rings (SSSR count). The highest BCUT2D eigenvalue weighted by Crippen LogP contribution is 2.43. The summed E-state index contributed by atoms with van der Waals surface area (Å²) in [5.41, 5.74) is 2.63. The van der Waals surface area contributed by atoms with Gasteiger partial charge in [0.15, 0.2) is 11.0 Å². The fourth-order valence-corrected chi connectivity index (χ4v) is 6.44. The number of benzene rings is 2. The lowest BCUT2D eigenvalue weighted by Crippen LogP contribution is -2.47. The standard InChI is InChI=1S/C28H36FN5OS/c1-32-26(22-8-10-23(29)11-9-22)30-31-27(32)36-21-5-16-33-17-12-28(13-18-33)14-19-34(20-15-28)24-6-3-4-7-25(24)35-2/h3-4,6-11H,5,12-21H2,1-2H3. The maximum Gasteiger partial charge on any atom is 0.191 e.